The number of amides is 2. The molecule has 0 saturated heterocycles. The molecule has 0 saturated carbocycles. The molecule has 1 N–H and O–H groups in total. The molecule has 0 aliphatic heterocycles. The number of hydrogen-bond donors (Lipinski definition) is 1. The number of benzene rings is 3. The van der Waals surface area contributed by atoms with Gasteiger partial charge in [0.25, 0.3) is 0 Å². The molecule has 0 aromatic heterocycles. The van der Waals surface area contributed by atoms with Crippen molar-refractivity contribution >= 4 is 50.7 Å². The highest BCUT2D eigenvalue weighted by molar-refractivity contribution is 7.92. The number of nitrogens with zero attached hydrogens (tertiary/aromatic N) is 2. The Morgan fingerprint density at radius 1 is 0.951 bits per heavy atom. The van der Waals surface area contributed by atoms with Crippen LogP contribution < -0.4 is 14.4 Å². The molecule has 11 heteroatoms. The first-order valence-electron chi connectivity index (χ1n) is 13.1. The van der Waals surface area contributed by atoms with Gasteiger partial charge in [-0.25, -0.2) is 8.42 Å². The van der Waals surface area contributed by atoms with Crippen LogP contribution in [0.25, 0.3) is 0 Å². The third-order valence-corrected chi connectivity index (χ3v) is 8.15. The molecule has 0 radical (unpaired) electrons. The topological polar surface area (TPSA) is 96.0 Å². The van der Waals surface area contributed by atoms with Gasteiger partial charge in [-0.15, -0.1) is 0 Å². The quantitative estimate of drug-likeness (QED) is 0.279. The van der Waals surface area contributed by atoms with Gasteiger partial charge in [-0.3, -0.25) is 13.9 Å². The molecule has 0 aliphatic rings. The Morgan fingerprint density at radius 3 is 2.17 bits per heavy atom. The second-order valence-corrected chi connectivity index (χ2v) is 12.6. The summed E-state index contributed by atoms with van der Waals surface area (Å²) >= 11 is 12.3. The van der Waals surface area contributed by atoms with Gasteiger partial charge >= 0.3 is 0 Å². The average molecular weight is 621 g/mol. The molecule has 0 heterocycles. The number of sulfonamides is 1. The van der Waals surface area contributed by atoms with E-state index in [1.165, 1.54) is 23.1 Å². The molecule has 3 aromatic rings. The SMILES string of the molecule is CC[C@H](C)NC(=O)[C@@H](Cc1ccccc1)N(Cc1cccc(OC)c1)C(=O)CN(c1cc(Cl)cc(Cl)c1)S(C)(=O)=O. The predicted molar refractivity (Wildman–Crippen MR) is 164 cm³/mol. The van der Waals surface area contributed by atoms with Gasteiger partial charge < -0.3 is 15.0 Å². The van der Waals surface area contributed by atoms with Crippen LogP contribution in [0.2, 0.25) is 10.0 Å². The number of halogens is 2. The summed E-state index contributed by atoms with van der Waals surface area (Å²) in [6, 6.07) is 19.8. The van der Waals surface area contributed by atoms with Crippen LogP contribution in [0, 0.1) is 0 Å². The molecule has 220 valence electrons. The summed E-state index contributed by atoms with van der Waals surface area (Å²) in [5, 5.41) is 3.44. The molecule has 0 unspecified atom stereocenters. The van der Waals surface area contributed by atoms with Crippen molar-refractivity contribution in [3.8, 4) is 5.75 Å². The minimum absolute atomic E-state index is 0.0371. The van der Waals surface area contributed by atoms with Gasteiger partial charge in [0.05, 0.1) is 19.1 Å². The molecule has 0 bridgehead atoms. The zero-order valence-electron chi connectivity index (χ0n) is 23.5. The molecule has 8 nitrogen and oxygen atoms in total. The van der Waals surface area contributed by atoms with Gasteiger partial charge in [0.15, 0.2) is 0 Å². The summed E-state index contributed by atoms with van der Waals surface area (Å²) in [4.78, 5) is 29.3. The first-order chi connectivity index (χ1) is 19.4. The fourth-order valence-corrected chi connectivity index (χ4v) is 5.61. The smallest absolute Gasteiger partial charge is 0.244 e. The van der Waals surface area contributed by atoms with E-state index in [-0.39, 0.29) is 40.6 Å². The highest BCUT2D eigenvalue weighted by Crippen LogP contribution is 2.28. The molecule has 0 fully saturated rings. The maximum absolute atomic E-state index is 14.1. The molecule has 2 amide bonds. The molecular formula is C30H35Cl2N3O5S. The highest BCUT2D eigenvalue weighted by Gasteiger charge is 2.33. The lowest BCUT2D eigenvalue weighted by Crippen LogP contribution is -2.54. The molecule has 0 aliphatic carbocycles. The zero-order chi connectivity index (χ0) is 30.2. The first-order valence-corrected chi connectivity index (χ1v) is 15.7. The summed E-state index contributed by atoms with van der Waals surface area (Å²) in [5.41, 5.74) is 1.70. The number of carbonyl (C=O) groups is 2. The van der Waals surface area contributed by atoms with Crippen LogP contribution in [-0.2, 0) is 32.6 Å². The fraction of sp³-hybridized carbons (Fsp3) is 0.333. The summed E-state index contributed by atoms with van der Waals surface area (Å²) in [6.07, 6.45) is 1.92. The van der Waals surface area contributed by atoms with Crippen molar-refractivity contribution in [2.24, 2.45) is 0 Å². The van der Waals surface area contributed by atoms with Gasteiger partial charge in [0, 0.05) is 29.1 Å². The fourth-order valence-electron chi connectivity index (χ4n) is 4.26. The molecule has 41 heavy (non-hydrogen) atoms. The second kappa shape index (κ2) is 14.6. The van der Waals surface area contributed by atoms with Crippen LogP contribution in [0.15, 0.2) is 72.8 Å². The second-order valence-electron chi connectivity index (χ2n) is 9.79. The Balaban J connectivity index is 2.09. The third-order valence-electron chi connectivity index (χ3n) is 6.57. The van der Waals surface area contributed by atoms with Gasteiger partial charge in [-0.2, -0.15) is 0 Å². The first kappa shape index (κ1) is 32.2. The van der Waals surface area contributed by atoms with Crippen molar-refractivity contribution in [3.05, 3.63) is 94.0 Å². The van der Waals surface area contributed by atoms with Crippen molar-refractivity contribution in [1.82, 2.24) is 10.2 Å². The van der Waals surface area contributed by atoms with Crippen molar-refractivity contribution in [2.45, 2.75) is 45.3 Å². The monoisotopic (exact) mass is 619 g/mol. The molecular weight excluding hydrogens is 585 g/mol. The number of nitrogens with one attached hydrogen (secondary N) is 1. The number of rotatable bonds is 13. The molecule has 3 rings (SSSR count). The molecule has 2 atom stereocenters. The van der Waals surface area contributed by atoms with Gasteiger partial charge in [0.1, 0.15) is 18.3 Å². The van der Waals surface area contributed by atoms with E-state index in [0.29, 0.717) is 17.7 Å². The van der Waals surface area contributed by atoms with E-state index in [4.69, 9.17) is 27.9 Å². The third kappa shape index (κ3) is 9.38. The van der Waals surface area contributed by atoms with E-state index in [1.807, 2.05) is 50.2 Å². The minimum Gasteiger partial charge on any atom is -0.497 e. The van der Waals surface area contributed by atoms with Gasteiger partial charge in [-0.1, -0.05) is 72.6 Å². The standard InChI is InChI=1S/C30H35Cl2N3O5S/c1-5-21(2)33-30(37)28(15-22-10-7-6-8-11-22)34(19-23-12-9-13-27(14-23)40-3)29(36)20-35(41(4,38)39)26-17-24(31)16-25(32)18-26/h6-14,16-18,21,28H,5,15,19-20H2,1-4H3,(H,33,37)/t21-,28+/m0/s1. The lowest BCUT2D eigenvalue weighted by molar-refractivity contribution is -0.140. The van der Waals surface area contributed by atoms with E-state index in [0.717, 1.165) is 16.1 Å². The largest absolute Gasteiger partial charge is 0.497 e. The van der Waals surface area contributed by atoms with E-state index in [1.54, 1.807) is 25.3 Å². The number of anilines is 1. The highest BCUT2D eigenvalue weighted by atomic mass is 35.5. The average Bonchev–Trinajstić information content (AvgIpc) is 2.92. The van der Waals surface area contributed by atoms with Crippen LogP contribution in [0.1, 0.15) is 31.4 Å². The molecule has 0 spiro atoms. The summed E-state index contributed by atoms with van der Waals surface area (Å²) in [5.74, 6) is -0.323. The zero-order valence-corrected chi connectivity index (χ0v) is 25.8. The Labute approximate surface area is 252 Å². The van der Waals surface area contributed by atoms with Crippen LogP contribution in [0.5, 0.6) is 5.75 Å². The van der Waals surface area contributed by atoms with Crippen LogP contribution >= 0.6 is 23.2 Å². The van der Waals surface area contributed by atoms with Crippen LogP contribution in [-0.4, -0.2) is 57.1 Å². The Morgan fingerprint density at radius 2 is 1.59 bits per heavy atom. The number of hydrogen-bond acceptors (Lipinski definition) is 5. The van der Waals surface area contributed by atoms with Gasteiger partial charge in [-0.05, 0) is 54.8 Å². The lowest BCUT2D eigenvalue weighted by atomic mass is 10.0. The Hall–Kier alpha value is -3.27. The number of carbonyl (C=O) groups excluding carboxylic acids is 2. The van der Waals surface area contributed by atoms with Gasteiger partial charge in [0.2, 0.25) is 21.8 Å². The van der Waals surface area contributed by atoms with E-state index in [2.05, 4.69) is 5.32 Å². The molecule has 3 aromatic carbocycles. The lowest BCUT2D eigenvalue weighted by Gasteiger charge is -2.34. The Bertz CT molecular complexity index is 1430. The van der Waals surface area contributed by atoms with E-state index in [9.17, 15) is 18.0 Å². The minimum atomic E-state index is -3.94. The maximum Gasteiger partial charge on any atom is 0.244 e. The van der Waals surface area contributed by atoms with E-state index >= 15 is 0 Å². The predicted octanol–water partition coefficient (Wildman–Crippen LogP) is 5.32. The Kier molecular flexibility index (Phi) is 11.5. The summed E-state index contributed by atoms with van der Waals surface area (Å²) in [7, 11) is -2.40. The van der Waals surface area contributed by atoms with Crippen molar-refractivity contribution < 1.29 is 22.7 Å². The van der Waals surface area contributed by atoms with Crippen molar-refractivity contribution in [3.63, 3.8) is 0 Å². The van der Waals surface area contributed by atoms with Crippen LogP contribution in [0.4, 0.5) is 5.69 Å². The normalized spacial score (nSPS) is 12.7. The maximum atomic E-state index is 14.1. The van der Waals surface area contributed by atoms with Crippen molar-refractivity contribution in [1.29, 1.82) is 0 Å². The van der Waals surface area contributed by atoms with Crippen molar-refractivity contribution in [2.75, 3.05) is 24.2 Å². The number of ether oxygens (including phenoxy) is 1. The van der Waals surface area contributed by atoms with E-state index < -0.39 is 28.5 Å². The number of methoxy groups -OCH3 is 1. The summed E-state index contributed by atoms with van der Waals surface area (Å²) < 4.78 is 32.1. The summed E-state index contributed by atoms with van der Waals surface area (Å²) in [6.45, 7) is 3.31. The van der Waals surface area contributed by atoms with Crippen LogP contribution in [0.3, 0.4) is 0 Å².